The van der Waals surface area contributed by atoms with Gasteiger partial charge in [-0.25, -0.2) is 4.98 Å². The first-order valence-electron chi connectivity index (χ1n) is 3.75. The normalized spacial score (nSPS) is 10.1. The van der Waals surface area contributed by atoms with Gasteiger partial charge in [-0.2, -0.15) is 0 Å². The van der Waals surface area contributed by atoms with Gasteiger partial charge in [-0.15, -0.1) is 16.4 Å². The van der Waals surface area contributed by atoms with Gasteiger partial charge in [0.25, 0.3) is 5.91 Å². The molecule has 2 heterocycles. The number of hydrogen-bond donors (Lipinski definition) is 1. The maximum Gasteiger partial charge on any atom is 0.322 e. The van der Waals surface area contributed by atoms with Crippen LogP contribution < -0.4 is 5.32 Å². The molecule has 0 atom stereocenters. The number of carbonyl (C=O) groups excluding carboxylic acids is 1. The van der Waals surface area contributed by atoms with Crippen molar-refractivity contribution >= 4 is 23.3 Å². The second-order valence-corrected chi connectivity index (χ2v) is 3.17. The molecule has 0 unspecified atom stereocenters. The largest absolute Gasteiger partial charge is 0.408 e. The van der Waals surface area contributed by atoms with Crippen molar-refractivity contribution < 1.29 is 9.21 Å². The fourth-order valence-corrected chi connectivity index (χ4v) is 1.36. The Morgan fingerprint density at radius 2 is 2.43 bits per heavy atom. The van der Waals surface area contributed by atoms with Crippen LogP contribution in [-0.2, 0) is 0 Å². The Kier molecular flexibility index (Phi) is 2.23. The Hall–Kier alpha value is -1.76. The molecule has 2 aromatic rings. The van der Waals surface area contributed by atoms with E-state index in [1.165, 1.54) is 11.3 Å². The number of hydrogen-bond acceptors (Lipinski definition) is 6. The number of thiazole rings is 1. The smallest absolute Gasteiger partial charge is 0.322 e. The van der Waals surface area contributed by atoms with E-state index in [1.807, 2.05) is 0 Å². The average Bonchev–Trinajstić information content (AvgIpc) is 2.75. The van der Waals surface area contributed by atoms with E-state index < -0.39 is 0 Å². The number of aryl methyl sites for hydroxylation is 1. The van der Waals surface area contributed by atoms with E-state index in [0.717, 1.165) is 0 Å². The molecule has 0 fully saturated rings. The predicted octanol–water partition coefficient (Wildman–Crippen LogP) is 1.09. The Labute approximate surface area is 83.0 Å². The maximum atomic E-state index is 11.4. The highest BCUT2D eigenvalue weighted by molar-refractivity contribution is 7.07. The molecular weight excluding hydrogens is 204 g/mol. The van der Waals surface area contributed by atoms with Crippen LogP contribution in [0.15, 0.2) is 15.3 Å². The van der Waals surface area contributed by atoms with Crippen molar-refractivity contribution in [1.82, 2.24) is 15.2 Å². The molecule has 2 aromatic heterocycles. The molecule has 0 saturated carbocycles. The van der Waals surface area contributed by atoms with Crippen molar-refractivity contribution in [2.75, 3.05) is 5.32 Å². The predicted molar refractivity (Wildman–Crippen MR) is 49.1 cm³/mol. The lowest BCUT2D eigenvalue weighted by atomic mass is 10.5. The molecule has 0 bridgehead atoms. The summed E-state index contributed by atoms with van der Waals surface area (Å²) < 4.78 is 4.97. The summed E-state index contributed by atoms with van der Waals surface area (Å²) in [5.41, 5.74) is 1.92. The standard InChI is InChI=1S/C7H6N4O2S/c1-4-10-11-7(13-4)9-6(12)5-2-14-3-8-5/h2-3H,1H3,(H,9,11,12). The second-order valence-electron chi connectivity index (χ2n) is 2.45. The summed E-state index contributed by atoms with van der Waals surface area (Å²) in [6.07, 6.45) is 0. The van der Waals surface area contributed by atoms with Crippen LogP contribution in [0.3, 0.4) is 0 Å². The Balaban J connectivity index is 2.09. The number of nitrogens with one attached hydrogen (secondary N) is 1. The summed E-state index contributed by atoms with van der Waals surface area (Å²) in [5.74, 6) is 0.0495. The third-order valence-electron chi connectivity index (χ3n) is 1.41. The zero-order chi connectivity index (χ0) is 9.97. The second kappa shape index (κ2) is 3.54. The van der Waals surface area contributed by atoms with Crippen molar-refractivity contribution in [3.05, 3.63) is 22.5 Å². The van der Waals surface area contributed by atoms with Crippen molar-refractivity contribution in [3.8, 4) is 0 Å². The van der Waals surface area contributed by atoms with E-state index in [0.29, 0.717) is 11.6 Å². The lowest BCUT2D eigenvalue weighted by Gasteiger charge is -1.94. The molecule has 2 rings (SSSR count). The Morgan fingerprint density at radius 3 is 3.00 bits per heavy atom. The number of rotatable bonds is 2. The Bertz CT molecular complexity index is 436. The van der Waals surface area contributed by atoms with Crippen LogP contribution in [0.1, 0.15) is 16.4 Å². The van der Waals surface area contributed by atoms with Gasteiger partial charge in [0.15, 0.2) is 0 Å². The van der Waals surface area contributed by atoms with Gasteiger partial charge in [0.2, 0.25) is 5.89 Å². The minimum absolute atomic E-state index is 0.0838. The first-order valence-corrected chi connectivity index (χ1v) is 4.69. The van der Waals surface area contributed by atoms with Crippen LogP contribution in [0.5, 0.6) is 0 Å². The maximum absolute atomic E-state index is 11.4. The van der Waals surface area contributed by atoms with Crippen LogP contribution >= 0.6 is 11.3 Å². The van der Waals surface area contributed by atoms with Gasteiger partial charge >= 0.3 is 6.01 Å². The number of amides is 1. The molecule has 6 nitrogen and oxygen atoms in total. The molecule has 0 aliphatic rings. The number of aromatic nitrogens is 3. The van der Waals surface area contributed by atoms with E-state index in [1.54, 1.807) is 17.8 Å². The first kappa shape index (κ1) is 8.82. The van der Waals surface area contributed by atoms with Crippen molar-refractivity contribution in [2.24, 2.45) is 0 Å². The summed E-state index contributed by atoms with van der Waals surface area (Å²) in [5, 5.41) is 11.3. The molecule has 0 aromatic carbocycles. The molecule has 0 aliphatic carbocycles. The highest BCUT2D eigenvalue weighted by Gasteiger charge is 2.11. The summed E-state index contributed by atoms with van der Waals surface area (Å²) in [6.45, 7) is 1.64. The van der Waals surface area contributed by atoms with Gasteiger partial charge in [0.1, 0.15) is 5.69 Å². The monoisotopic (exact) mass is 210 g/mol. The quantitative estimate of drug-likeness (QED) is 0.802. The molecule has 72 valence electrons. The molecule has 1 N–H and O–H groups in total. The lowest BCUT2D eigenvalue weighted by molar-refractivity contribution is 0.102. The molecule has 0 aliphatic heterocycles. The summed E-state index contributed by atoms with van der Waals surface area (Å²) in [4.78, 5) is 15.2. The molecule has 1 amide bonds. The van der Waals surface area contributed by atoms with Crippen LogP contribution in [0.25, 0.3) is 0 Å². The van der Waals surface area contributed by atoms with Gasteiger partial charge in [-0.3, -0.25) is 10.1 Å². The molecule has 14 heavy (non-hydrogen) atoms. The molecule has 7 heteroatoms. The topological polar surface area (TPSA) is 80.9 Å². The van der Waals surface area contributed by atoms with Crippen molar-refractivity contribution in [2.45, 2.75) is 6.92 Å². The van der Waals surface area contributed by atoms with E-state index in [9.17, 15) is 4.79 Å². The van der Waals surface area contributed by atoms with E-state index >= 15 is 0 Å². The number of carbonyl (C=O) groups is 1. The van der Waals surface area contributed by atoms with Gasteiger partial charge in [0, 0.05) is 12.3 Å². The lowest BCUT2D eigenvalue weighted by Crippen LogP contribution is -2.12. The van der Waals surface area contributed by atoms with E-state index in [-0.39, 0.29) is 11.9 Å². The Morgan fingerprint density at radius 1 is 1.57 bits per heavy atom. The third-order valence-corrected chi connectivity index (χ3v) is 2.00. The zero-order valence-corrected chi connectivity index (χ0v) is 8.04. The summed E-state index contributed by atoms with van der Waals surface area (Å²) >= 11 is 1.35. The molecule has 0 saturated heterocycles. The minimum atomic E-state index is -0.352. The third kappa shape index (κ3) is 1.77. The SMILES string of the molecule is Cc1nnc(NC(=O)c2cscn2)o1. The van der Waals surface area contributed by atoms with E-state index in [2.05, 4.69) is 20.5 Å². The zero-order valence-electron chi connectivity index (χ0n) is 7.22. The van der Waals surface area contributed by atoms with Crippen LogP contribution in [0, 0.1) is 6.92 Å². The number of nitrogens with zero attached hydrogens (tertiary/aromatic N) is 3. The van der Waals surface area contributed by atoms with E-state index in [4.69, 9.17) is 4.42 Å². The van der Waals surface area contributed by atoms with Gasteiger partial charge in [0.05, 0.1) is 5.51 Å². The van der Waals surface area contributed by atoms with Gasteiger partial charge < -0.3 is 4.42 Å². The summed E-state index contributed by atoms with van der Waals surface area (Å²) in [7, 11) is 0. The molecule has 0 radical (unpaired) electrons. The summed E-state index contributed by atoms with van der Waals surface area (Å²) in [6, 6.07) is 0.0838. The fraction of sp³-hybridized carbons (Fsp3) is 0.143. The van der Waals surface area contributed by atoms with Crippen molar-refractivity contribution in [1.29, 1.82) is 0 Å². The highest BCUT2D eigenvalue weighted by Crippen LogP contribution is 2.07. The molecular formula is C7H6N4O2S. The fourth-order valence-electron chi connectivity index (χ4n) is 0.833. The number of anilines is 1. The van der Waals surface area contributed by atoms with Gasteiger partial charge in [-0.05, 0) is 0 Å². The highest BCUT2D eigenvalue weighted by atomic mass is 32.1. The van der Waals surface area contributed by atoms with Crippen LogP contribution in [0.2, 0.25) is 0 Å². The minimum Gasteiger partial charge on any atom is -0.408 e. The van der Waals surface area contributed by atoms with Gasteiger partial charge in [-0.1, -0.05) is 5.10 Å². The first-order chi connectivity index (χ1) is 6.75. The molecule has 0 spiro atoms. The average molecular weight is 210 g/mol. The van der Waals surface area contributed by atoms with Crippen LogP contribution in [-0.4, -0.2) is 21.1 Å². The van der Waals surface area contributed by atoms with Crippen LogP contribution in [0.4, 0.5) is 6.01 Å². The van der Waals surface area contributed by atoms with Crippen molar-refractivity contribution in [3.63, 3.8) is 0 Å².